The summed E-state index contributed by atoms with van der Waals surface area (Å²) in [5.41, 5.74) is 3.02. The Balaban J connectivity index is 1.58. The Bertz CT molecular complexity index is 728. The second-order valence-electron chi connectivity index (χ2n) is 5.51. The van der Waals surface area contributed by atoms with E-state index in [4.69, 9.17) is 16.4 Å². The lowest BCUT2D eigenvalue weighted by Gasteiger charge is -2.21. The van der Waals surface area contributed by atoms with E-state index in [0.717, 1.165) is 17.7 Å². The Hall–Kier alpha value is -2.33. The normalized spacial score (nSPS) is 16.6. The zero-order valence-corrected chi connectivity index (χ0v) is 13.5. The molecular formula is C18H17ClN2O2. The van der Waals surface area contributed by atoms with Crippen molar-refractivity contribution in [3.05, 3.63) is 64.7 Å². The van der Waals surface area contributed by atoms with Crippen molar-refractivity contribution in [3.63, 3.8) is 0 Å². The molecule has 0 saturated heterocycles. The minimum absolute atomic E-state index is 0.0806. The van der Waals surface area contributed by atoms with Crippen molar-refractivity contribution in [2.75, 3.05) is 11.5 Å². The molecule has 1 aliphatic heterocycles. The fourth-order valence-electron chi connectivity index (χ4n) is 2.75. The van der Waals surface area contributed by atoms with Crippen molar-refractivity contribution >= 4 is 29.4 Å². The maximum atomic E-state index is 12.4. The zero-order chi connectivity index (χ0) is 16.2. The molecule has 3 rings (SSSR count). The number of fused-ring (bicyclic) bond motifs is 1. The second-order valence-corrected chi connectivity index (χ2v) is 5.94. The molecule has 0 spiro atoms. The largest absolute Gasteiger partial charge is 0.386 e. The standard InChI is InChI=1S/C18H17ClN2O2/c1-13-10-15-4-2-3-5-17(15)21(13)18(22)12-23-20-11-14-6-8-16(19)9-7-14/h2-9,11,13H,10,12H2,1H3/b20-11-/t13-/m0/s1. The van der Waals surface area contributed by atoms with Gasteiger partial charge in [-0.3, -0.25) is 4.79 Å². The first-order valence-corrected chi connectivity index (χ1v) is 7.84. The third-order valence-corrected chi connectivity index (χ3v) is 4.06. The van der Waals surface area contributed by atoms with Crippen molar-refractivity contribution in [2.45, 2.75) is 19.4 Å². The maximum Gasteiger partial charge on any atom is 0.268 e. The van der Waals surface area contributed by atoms with Crippen LogP contribution in [-0.4, -0.2) is 24.8 Å². The summed E-state index contributed by atoms with van der Waals surface area (Å²) in [5.74, 6) is -0.0873. The summed E-state index contributed by atoms with van der Waals surface area (Å²) >= 11 is 5.82. The van der Waals surface area contributed by atoms with Gasteiger partial charge in [-0.1, -0.05) is 47.1 Å². The van der Waals surface area contributed by atoms with E-state index < -0.39 is 0 Å². The molecule has 0 aliphatic carbocycles. The number of amides is 1. The summed E-state index contributed by atoms with van der Waals surface area (Å²) in [7, 11) is 0. The van der Waals surface area contributed by atoms with E-state index in [1.54, 1.807) is 23.2 Å². The van der Waals surface area contributed by atoms with Crippen LogP contribution in [0.25, 0.3) is 0 Å². The van der Waals surface area contributed by atoms with Crippen LogP contribution in [-0.2, 0) is 16.1 Å². The lowest BCUT2D eigenvalue weighted by atomic mass is 10.1. The van der Waals surface area contributed by atoms with Gasteiger partial charge in [0.1, 0.15) is 0 Å². The minimum Gasteiger partial charge on any atom is -0.386 e. The fraction of sp³-hybridized carbons (Fsp3) is 0.222. The summed E-state index contributed by atoms with van der Waals surface area (Å²) in [5, 5.41) is 4.51. The average molecular weight is 329 g/mol. The first kappa shape index (κ1) is 15.6. The summed E-state index contributed by atoms with van der Waals surface area (Å²) < 4.78 is 0. The molecule has 0 bridgehead atoms. The van der Waals surface area contributed by atoms with Gasteiger partial charge >= 0.3 is 0 Å². The molecule has 4 nitrogen and oxygen atoms in total. The molecule has 2 aromatic carbocycles. The molecule has 2 aromatic rings. The van der Waals surface area contributed by atoms with E-state index in [-0.39, 0.29) is 18.6 Å². The van der Waals surface area contributed by atoms with Crippen LogP contribution >= 0.6 is 11.6 Å². The monoisotopic (exact) mass is 328 g/mol. The first-order valence-electron chi connectivity index (χ1n) is 7.46. The van der Waals surface area contributed by atoms with Crippen LogP contribution < -0.4 is 4.90 Å². The SMILES string of the molecule is C[C@H]1Cc2ccccc2N1C(=O)CO/N=C\c1ccc(Cl)cc1. The molecule has 0 radical (unpaired) electrons. The predicted molar refractivity (Wildman–Crippen MR) is 92.1 cm³/mol. The first-order chi connectivity index (χ1) is 11.1. The zero-order valence-electron chi connectivity index (χ0n) is 12.8. The number of anilines is 1. The van der Waals surface area contributed by atoms with E-state index in [1.807, 2.05) is 37.3 Å². The van der Waals surface area contributed by atoms with Crippen molar-refractivity contribution in [3.8, 4) is 0 Å². The van der Waals surface area contributed by atoms with Crippen LogP contribution in [0.2, 0.25) is 5.02 Å². The van der Waals surface area contributed by atoms with E-state index in [9.17, 15) is 4.79 Å². The second kappa shape index (κ2) is 6.84. The molecule has 118 valence electrons. The summed E-state index contributed by atoms with van der Waals surface area (Å²) in [4.78, 5) is 19.3. The van der Waals surface area contributed by atoms with Gasteiger partial charge in [-0.05, 0) is 42.7 Å². The number of nitrogens with zero attached hydrogens (tertiary/aromatic N) is 2. The lowest BCUT2D eigenvalue weighted by Crippen LogP contribution is -2.37. The molecule has 1 atom stereocenters. The van der Waals surface area contributed by atoms with E-state index in [2.05, 4.69) is 11.2 Å². The van der Waals surface area contributed by atoms with Gasteiger partial charge in [0.25, 0.3) is 5.91 Å². The quantitative estimate of drug-likeness (QED) is 0.635. The van der Waals surface area contributed by atoms with Crippen LogP contribution in [0, 0.1) is 0 Å². The number of benzene rings is 2. The average Bonchev–Trinajstić information content (AvgIpc) is 2.89. The molecule has 0 saturated carbocycles. The van der Waals surface area contributed by atoms with Crippen LogP contribution in [0.3, 0.4) is 0 Å². The van der Waals surface area contributed by atoms with E-state index in [1.165, 1.54) is 5.56 Å². The molecule has 1 heterocycles. The van der Waals surface area contributed by atoms with Crippen molar-refractivity contribution in [1.29, 1.82) is 0 Å². The minimum atomic E-state index is -0.0873. The van der Waals surface area contributed by atoms with E-state index in [0.29, 0.717) is 5.02 Å². The third kappa shape index (κ3) is 3.54. The van der Waals surface area contributed by atoms with Crippen molar-refractivity contribution in [2.24, 2.45) is 5.16 Å². The highest BCUT2D eigenvalue weighted by Gasteiger charge is 2.30. The number of hydrogen-bond donors (Lipinski definition) is 0. The molecule has 0 aromatic heterocycles. The highest BCUT2D eigenvalue weighted by atomic mass is 35.5. The molecule has 5 heteroatoms. The number of para-hydroxylation sites is 1. The number of rotatable bonds is 4. The molecule has 1 amide bonds. The van der Waals surface area contributed by atoms with Gasteiger partial charge in [-0.25, -0.2) is 0 Å². The maximum absolute atomic E-state index is 12.4. The van der Waals surface area contributed by atoms with Crippen LogP contribution in [0.5, 0.6) is 0 Å². The summed E-state index contributed by atoms with van der Waals surface area (Å²) in [6, 6.07) is 15.3. The number of carbonyl (C=O) groups excluding carboxylic acids is 1. The third-order valence-electron chi connectivity index (χ3n) is 3.81. The Kier molecular flexibility index (Phi) is 4.63. The molecule has 0 unspecified atom stereocenters. The predicted octanol–water partition coefficient (Wildman–Crippen LogP) is 3.67. The smallest absolute Gasteiger partial charge is 0.268 e. The number of carbonyl (C=O) groups is 1. The molecule has 0 N–H and O–H groups in total. The number of halogens is 1. The molecule has 23 heavy (non-hydrogen) atoms. The van der Waals surface area contributed by atoms with Crippen LogP contribution in [0.1, 0.15) is 18.1 Å². The Morgan fingerprint density at radius 3 is 2.83 bits per heavy atom. The van der Waals surface area contributed by atoms with Gasteiger partial charge in [0.05, 0.1) is 6.21 Å². The van der Waals surface area contributed by atoms with Crippen molar-refractivity contribution in [1.82, 2.24) is 0 Å². The summed E-state index contributed by atoms with van der Waals surface area (Å²) in [6.07, 6.45) is 2.43. The summed E-state index contributed by atoms with van der Waals surface area (Å²) in [6.45, 7) is 1.96. The fourth-order valence-corrected chi connectivity index (χ4v) is 2.88. The Morgan fingerprint density at radius 2 is 2.04 bits per heavy atom. The van der Waals surface area contributed by atoms with Gasteiger partial charge in [-0.2, -0.15) is 0 Å². The van der Waals surface area contributed by atoms with Crippen molar-refractivity contribution < 1.29 is 9.63 Å². The molecule has 0 fully saturated rings. The Morgan fingerprint density at radius 1 is 1.30 bits per heavy atom. The van der Waals surface area contributed by atoms with Gasteiger partial charge in [0.15, 0.2) is 6.61 Å². The highest BCUT2D eigenvalue weighted by Crippen LogP contribution is 2.31. The Labute approximate surface area is 140 Å². The van der Waals surface area contributed by atoms with Gasteiger partial charge < -0.3 is 9.74 Å². The lowest BCUT2D eigenvalue weighted by molar-refractivity contribution is -0.123. The number of hydrogen-bond acceptors (Lipinski definition) is 3. The van der Waals surface area contributed by atoms with E-state index >= 15 is 0 Å². The van der Waals surface area contributed by atoms with Gasteiger partial charge in [0.2, 0.25) is 0 Å². The molecular weight excluding hydrogens is 312 g/mol. The van der Waals surface area contributed by atoms with Gasteiger partial charge in [0, 0.05) is 16.8 Å². The topological polar surface area (TPSA) is 41.9 Å². The highest BCUT2D eigenvalue weighted by molar-refractivity contribution is 6.30. The number of oxime groups is 1. The molecule has 1 aliphatic rings. The van der Waals surface area contributed by atoms with Gasteiger partial charge in [-0.15, -0.1) is 0 Å². The van der Waals surface area contributed by atoms with Crippen LogP contribution in [0.4, 0.5) is 5.69 Å². The van der Waals surface area contributed by atoms with Crippen LogP contribution in [0.15, 0.2) is 53.7 Å².